The van der Waals surface area contributed by atoms with Gasteiger partial charge in [0.2, 0.25) is 0 Å². The minimum Gasteiger partial charge on any atom is -0.463 e. The molecule has 2 saturated heterocycles. The third-order valence-corrected chi connectivity index (χ3v) is 6.01. The smallest absolute Gasteiger partial charge is 0.463 e. The maximum atomic E-state index is 13.4. The van der Waals surface area contributed by atoms with Gasteiger partial charge >= 0.3 is 41.9 Å². The van der Waals surface area contributed by atoms with Gasteiger partial charge in [-0.05, 0) is 0 Å². The molecule has 10 atom stereocenters. The number of aliphatic hydroxyl groups is 1. The largest absolute Gasteiger partial charge is 0.471 e. The molecule has 0 aromatic heterocycles. The molecule has 20 heteroatoms. The molecule has 250 valence electrons. The predicted octanol–water partition coefficient (Wildman–Crippen LogP) is -1.89. The van der Waals surface area contributed by atoms with Crippen LogP contribution in [-0.2, 0) is 66.7 Å². The van der Waals surface area contributed by atoms with Gasteiger partial charge in [-0.25, -0.2) is 0 Å². The lowest BCUT2D eigenvalue weighted by Gasteiger charge is -2.48. The summed E-state index contributed by atoms with van der Waals surface area (Å²) in [5.74, 6) is -7.34. The van der Waals surface area contributed by atoms with Crippen molar-refractivity contribution in [3.63, 3.8) is 0 Å². The molecule has 5 unspecified atom stereocenters. The number of nitrogens with one attached hydrogen (secondary N) is 1. The summed E-state index contributed by atoms with van der Waals surface area (Å²) in [6, 6.07) is -3.67. The molecule has 0 spiro atoms. The molecule has 4 N–H and O–H groups in total. The van der Waals surface area contributed by atoms with Crippen molar-refractivity contribution in [2.24, 2.45) is 5.73 Å². The summed E-state index contributed by atoms with van der Waals surface area (Å²) in [6.45, 7) is 3.36. The second-order valence-corrected chi connectivity index (χ2v) is 9.61. The fraction of sp³-hybridized carbons (Fsp3) is 0.750. The first-order chi connectivity index (χ1) is 20.3. The minimum atomic E-state index is -5.49. The number of rotatable bonds is 10. The monoisotopic (exact) mass is 646 g/mol. The SMILES string of the molecule is CC(=O)OCC1OC(O)C(N)[C@@H](OC(C)=O)[C@@H]1O[C@@H]1OC(COC(C)=O)[C@@H](OC(C)=O)[C@H](OC(C)=O)C1NC(=O)C(F)(F)F. The van der Waals surface area contributed by atoms with Crippen molar-refractivity contribution < 1.29 is 84.9 Å². The van der Waals surface area contributed by atoms with E-state index in [4.69, 9.17) is 43.6 Å². The van der Waals surface area contributed by atoms with Crippen LogP contribution in [0.4, 0.5) is 13.2 Å². The average molecular weight is 647 g/mol. The van der Waals surface area contributed by atoms with Crippen LogP contribution in [0.2, 0.25) is 0 Å². The molecule has 0 aromatic carbocycles. The van der Waals surface area contributed by atoms with Crippen molar-refractivity contribution in [1.29, 1.82) is 0 Å². The zero-order valence-electron chi connectivity index (χ0n) is 24.1. The lowest BCUT2D eigenvalue weighted by Crippen LogP contribution is -2.70. The van der Waals surface area contributed by atoms with E-state index in [1.165, 1.54) is 0 Å². The Balaban J connectivity index is 2.67. The average Bonchev–Trinajstić information content (AvgIpc) is 2.87. The number of ether oxygens (including phenoxy) is 8. The summed E-state index contributed by atoms with van der Waals surface area (Å²) in [4.78, 5) is 71.0. The summed E-state index contributed by atoms with van der Waals surface area (Å²) < 4.78 is 82.5. The maximum Gasteiger partial charge on any atom is 0.471 e. The van der Waals surface area contributed by atoms with Gasteiger partial charge in [-0.3, -0.25) is 28.8 Å². The number of aliphatic hydroxyl groups excluding tert-OH is 1. The quantitative estimate of drug-likeness (QED) is 0.174. The van der Waals surface area contributed by atoms with Crippen LogP contribution in [-0.4, -0.2) is 122 Å². The highest BCUT2D eigenvalue weighted by atomic mass is 19.4. The van der Waals surface area contributed by atoms with Crippen molar-refractivity contribution in [2.75, 3.05) is 13.2 Å². The summed E-state index contributed by atoms with van der Waals surface area (Å²) in [7, 11) is 0. The molecule has 0 radical (unpaired) electrons. The van der Waals surface area contributed by atoms with Crippen LogP contribution >= 0.6 is 0 Å². The van der Waals surface area contributed by atoms with E-state index in [0.717, 1.165) is 34.6 Å². The standard InChI is InChI=1S/C24H33F3N2O15/c1-8(30)37-6-13-17(19(40-11(4)33)15(28)21(35)42-13)44-22-16(29-23(36)24(25,26)27)20(41-12(5)34)18(39-10(3)32)14(43-22)7-38-9(2)31/h13-22,35H,6-7,28H2,1-5H3,(H,29,36)/t13?,14?,15?,16?,17-,18-,19-,20-,21?,22+/m1/s1. The van der Waals surface area contributed by atoms with E-state index >= 15 is 0 Å². The van der Waals surface area contributed by atoms with E-state index in [-0.39, 0.29) is 0 Å². The number of nitrogens with two attached hydrogens (primary N) is 1. The lowest BCUT2D eigenvalue weighted by molar-refractivity contribution is -0.329. The van der Waals surface area contributed by atoms with Crippen LogP contribution in [0, 0.1) is 0 Å². The maximum absolute atomic E-state index is 13.4. The summed E-state index contributed by atoms with van der Waals surface area (Å²) in [5, 5.41) is 11.9. The number of amides is 1. The zero-order chi connectivity index (χ0) is 33.5. The van der Waals surface area contributed by atoms with Gasteiger partial charge in [0, 0.05) is 34.6 Å². The summed E-state index contributed by atoms with van der Waals surface area (Å²) >= 11 is 0. The normalized spacial score (nSPS) is 32.0. The fourth-order valence-corrected chi connectivity index (χ4v) is 4.34. The molecular formula is C24H33F3N2O15. The molecular weight excluding hydrogens is 613 g/mol. The Hall–Kier alpha value is -3.59. The van der Waals surface area contributed by atoms with Gasteiger partial charge in [-0.1, -0.05) is 0 Å². The number of alkyl halides is 3. The Morgan fingerprint density at radius 1 is 0.727 bits per heavy atom. The number of esters is 5. The molecule has 2 aliphatic heterocycles. The number of halogens is 3. The van der Waals surface area contributed by atoms with Gasteiger partial charge in [0.1, 0.15) is 37.6 Å². The Labute approximate surface area is 247 Å². The third kappa shape index (κ3) is 10.3. The van der Waals surface area contributed by atoms with E-state index in [1.807, 2.05) is 0 Å². The molecule has 2 rings (SSSR count). The number of carbonyl (C=O) groups is 6. The first-order valence-corrected chi connectivity index (χ1v) is 12.9. The first kappa shape index (κ1) is 36.6. The van der Waals surface area contributed by atoms with Gasteiger partial charge in [0.15, 0.2) is 30.9 Å². The van der Waals surface area contributed by atoms with E-state index in [1.54, 1.807) is 5.32 Å². The highest BCUT2D eigenvalue weighted by Gasteiger charge is 2.56. The van der Waals surface area contributed by atoms with Crippen molar-refractivity contribution in [3.05, 3.63) is 0 Å². The first-order valence-electron chi connectivity index (χ1n) is 12.9. The Bertz CT molecular complexity index is 1090. The molecule has 2 fully saturated rings. The van der Waals surface area contributed by atoms with Gasteiger partial charge < -0.3 is 54.1 Å². The third-order valence-electron chi connectivity index (χ3n) is 6.01. The summed E-state index contributed by atoms with van der Waals surface area (Å²) in [6.07, 6.45) is -19.6. The van der Waals surface area contributed by atoms with Crippen molar-refractivity contribution in [1.82, 2.24) is 5.32 Å². The predicted molar refractivity (Wildman–Crippen MR) is 130 cm³/mol. The van der Waals surface area contributed by atoms with Crippen molar-refractivity contribution >= 4 is 35.8 Å². The molecule has 2 heterocycles. The van der Waals surface area contributed by atoms with Crippen LogP contribution in [0.1, 0.15) is 34.6 Å². The Kier molecular flexibility index (Phi) is 12.8. The number of carbonyl (C=O) groups excluding carboxylic acids is 6. The zero-order valence-corrected chi connectivity index (χ0v) is 24.1. The molecule has 0 saturated carbocycles. The van der Waals surface area contributed by atoms with E-state index in [0.29, 0.717) is 0 Å². The minimum absolute atomic E-state index is 0.672. The van der Waals surface area contributed by atoms with Gasteiger partial charge in [0.25, 0.3) is 0 Å². The van der Waals surface area contributed by atoms with Crippen molar-refractivity contribution in [2.45, 2.75) is 102 Å². The van der Waals surface area contributed by atoms with E-state index in [2.05, 4.69) is 0 Å². The molecule has 0 aliphatic carbocycles. The fourth-order valence-electron chi connectivity index (χ4n) is 4.34. The highest BCUT2D eigenvalue weighted by Crippen LogP contribution is 2.33. The molecule has 0 bridgehead atoms. The topological polar surface area (TPSA) is 235 Å². The van der Waals surface area contributed by atoms with Crippen LogP contribution in [0.3, 0.4) is 0 Å². The summed E-state index contributed by atoms with van der Waals surface area (Å²) in [5.41, 5.74) is 5.95. The van der Waals surface area contributed by atoms with Crippen LogP contribution in [0.15, 0.2) is 0 Å². The lowest BCUT2D eigenvalue weighted by atomic mass is 9.94. The molecule has 0 aromatic rings. The molecule has 17 nitrogen and oxygen atoms in total. The van der Waals surface area contributed by atoms with E-state index in [9.17, 15) is 47.0 Å². The Morgan fingerprint density at radius 3 is 1.64 bits per heavy atom. The molecule has 2 aliphatic rings. The van der Waals surface area contributed by atoms with Crippen molar-refractivity contribution in [3.8, 4) is 0 Å². The van der Waals surface area contributed by atoms with E-state index < -0.39 is 116 Å². The van der Waals surface area contributed by atoms with Crippen LogP contribution in [0.25, 0.3) is 0 Å². The van der Waals surface area contributed by atoms with Gasteiger partial charge in [-0.15, -0.1) is 0 Å². The second-order valence-electron chi connectivity index (χ2n) is 9.61. The number of hydrogen-bond donors (Lipinski definition) is 3. The highest BCUT2D eigenvalue weighted by molar-refractivity contribution is 5.82. The van der Waals surface area contributed by atoms with Gasteiger partial charge in [0.05, 0.1) is 6.04 Å². The Morgan fingerprint density at radius 2 is 1.18 bits per heavy atom. The molecule has 1 amide bonds. The van der Waals surface area contributed by atoms with Crippen LogP contribution in [0.5, 0.6) is 0 Å². The second kappa shape index (κ2) is 15.4. The van der Waals surface area contributed by atoms with Crippen LogP contribution < -0.4 is 11.1 Å². The van der Waals surface area contributed by atoms with Gasteiger partial charge in [-0.2, -0.15) is 13.2 Å². The number of hydrogen-bond acceptors (Lipinski definition) is 16. The molecule has 44 heavy (non-hydrogen) atoms.